The SMILES string of the molecule is CC1(C)[C@@H]2[C@@H](C(=O)N[C@@H](C[C@@H]3CCNC3=C=O)C(N)=C=O)N(C(=O)[C@@H](NC(=O)C(F)(F)F)C34CC5CC(CC(C5)C3)C4)C[C@@H]21. The first-order chi connectivity index (χ1) is 20.7. The molecule has 2 heterocycles. The van der Waals surface area contributed by atoms with Gasteiger partial charge in [-0.25, -0.2) is 9.59 Å². The largest absolute Gasteiger partial charge is 0.471 e. The van der Waals surface area contributed by atoms with Crippen LogP contribution in [0.3, 0.4) is 0 Å². The summed E-state index contributed by atoms with van der Waals surface area (Å²) in [5.41, 5.74) is 4.92. The molecule has 7 fully saturated rings. The fourth-order valence-corrected chi connectivity index (χ4v) is 10.1. The van der Waals surface area contributed by atoms with Gasteiger partial charge < -0.3 is 26.6 Å². The van der Waals surface area contributed by atoms with Crippen molar-refractivity contribution >= 4 is 29.6 Å². The molecule has 4 bridgehead atoms. The number of nitrogens with one attached hydrogen (secondary N) is 3. The second-order valence-electron chi connectivity index (χ2n) is 14.9. The average Bonchev–Trinajstić information content (AvgIpc) is 3.33. The topological polar surface area (TPSA) is 151 Å². The maximum absolute atomic E-state index is 14.5. The van der Waals surface area contributed by atoms with E-state index in [0.29, 0.717) is 55.7 Å². The number of alkyl halides is 3. The summed E-state index contributed by atoms with van der Waals surface area (Å²) in [5, 5.41) is 7.85. The predicted octanol–water partition coefficient (Wildman–Crippen LogP) is 1.61. The van der Waals surface area contributed by atoms with Gasteiger partial charge in [0.05, 0.1) is 11.7 Å². The molecule has 2 aliphatic heterocycles. The standard InChI is InChI=1S/C31H40F3N5O5/c1-29(2)19-12-39(24(23(19)29)26(42)37-21(20(35)13-40)8-18-3-4-36-22(18)14-41)27(43)25(38-28(44)31(32,33)34)30-9-15-5-16(10-30)7-17(6-15)11-30/h15-19,21,23-25,36H,3-12,35H2,1-2H3,(H,37,42)(H,38,44)/t15?,16?,17?,18-,19-,21-,23-,24-,25+,30?/m0/s1. The zero-order valence-corrected chi connectivity index (χ0v) is 25.0. The molecule has 0 aromatic rings. The van der Waals surface area contributed by atoms with Crippen molar-refractivity contribution in [2.24, 2.45) is 52.1 Å². The third-order valence-corrected chi connectivity index (χ3v) is 11.9. The molecule has 5 saturated carbocycles. The van der Waals surface area contributed by atoms with Gasteiger partial charge in [-0.15, -0.1) is 0 Å². The van der Waals surface area contributed by atoms with Crippen molar-refractivity contribution in [3.05, 3.63) is 11.4 Å². The average molecular weight is 620 g/mol. The van der Waals surface area contributed by atoms with Crippen molar-refractivity contribution in [3.63, 3.8) is 0 Å². The Morgan fingerprint density at radius 3 is 2.23 bits per heavy atom. The monoisotopic (exact) mass is 619 g/mol. The summed E-state index contributed by atoms with van der Waals surface area (Å²) in [5.74, 6) is 0.374. The molecule has 0 aromatic carbocycles. The van der Waals surface area contributed by atoms with Crippen molar-refractivity contribution in [1.29, 1.82) is 0 Å². The number of fused-ring (bicyclic) bond motifs is 1. The molecule has 13 heteroatoms. The maximum atomic E-state index is 14.5. The Labute approximate surface area is 253 Å². The number of halogens is 3. The van der Waals surface area contributed by atoms with E-state index < -0.39 is 47.4 Å². The first-order valence-corrected chi connectivity index (χ1v) is 15.7. The Balaban J connectivity index is 1.29. The van der Waals surface area contributed by atoms with Gasteiger partial charge >= 0.3 is 12.1 Å². The number of carbonyl (C=O) groups is 3. The second kappa shape index (κ2) is 10.7. The third-order valence-electron chi connectivity index (χ3n) is 11.9. The minimum Gasteiger partial charge on any atom is -0.391 e. The zero-order valence-electron chi connectivity index (χ0n) is 25.0. The Hall–Kier alpha value is -3.30. The van der Waals surface area contributed by atoms with E-state index in [1.54, 1.807) is 5.94 Å². The van der Waals surface area contributed by atoms with Crippen LogP contribution < -0.4 is 21.7 Å². The first-order valence-electron chi connectivity index (χ1n) is 15.7. The number of hydrogen-bond acceptors (Lipinski definition) is 7. The lowest BCUT2D eigenvalue weighted by atomic mass is 9.47. The lowest BCUT2D eigenvalue weighted by Crippen LogP contribution is -2.65. The number of hydrogen-bond donors (Lipinski definition) is 4. The number of rotatable bonds is 8. The van der Waals surface area contributed by atoms with Crippen molar-refractivity contribution in [2.75, 3.05) is 13.1 Å². The molecular weight excluding hydrogens is 579 g/mol. The molecule has 0 radical (unpaired) electrons. The highest BCUT2D eigenvalue weighted by Crippen LogP contribution is 2.66. The van der Waals surface area contributed by atoms with Gasteiger partial charge in [0.2, 0.25) is 11.8 Å². The lowest BCUT2D eigenvalue weighted by Gasteiger charge is -2.59. The summed E-state index contributed by atoms with van der Waals surface area (Å²) in [6.45, 7) is 4.66. The Morgan fingerprint density at radius 2 is 1.68 bits per heavy atom. The Bertz CT molecular complexity index is 1310. The zero-order chi connectivity index (χ0) is 31.8. The molecule has 5 N–H and O–H groups in total. The van der Waals surface area contributed by atoms with Crippen LogP contribution >= 0.6 is 0 Å². The summed E-state index contributed by atoms with van der Waals surface area (Å²) in [7, 11) is 0. The van der Waals surface area contributed by atoms with Crippen LogP contribution in [0.5, 0.6) is 0 Å². The summed E-state index contributed by atoms with van der Waals surface area (Å²) < 4.78 is 40.8. The Morgan fingerprint density at radius 1 is 1.07 bits per heavy atom. The highest BCUT2D eigenvalue weighted by atomic mass is 19.4. The van der Waals surface area contributed by atoms with E-state index in [2.05, 4.69) is 16.0 Å². The van der Waals surface area contributed by atoms with Crippen LogP contribution in [-0.2, 0) is 24.0 Å². The van der Waals surface area contributed by atoms with Gasteiger partial charge in [-0.1, -0.05) is 13.8 Å². The number of likely N-dealkylation sites (tertiary alicyclic amines) is 1. The molecule has 6 atom stereocenters. The highest BCUT2D eigenvalue weighted by Gasteiger charge is 2.70. The van der Waals surface area contributed by atoms with E-state index in [1.807, 2.05) is 19.8 Å². The number of nitrogens with two attached hydrogens (primary N) is 1. The number of piperidine rings is 1. The lowest BCUT2D eigenvalue weighted by molar-refractivity contribution is -0.179. The van der Waals surface area contributed by atoms with Gasteiger partial charge in [0.15, 0.2) is 0 Å². The third kappa shape index (κ3) is 5.11. The van der Waals surface area contributed by atoms with Crippen LogP contribution in [0.25, 0.3) is 0 Å². The number of amides is 3. The van der Waals surface area contributed by atoms with Crippen molar-refractivity contribution < 1.29 is 37.1 Å². The molecule has 5 aliphatic carbocycles. The molecule has 3 amide bonds. The molecule has 0 spiro atoms. The van der Waals surface area contributed by atoms with Crippen LogP contribution in [0, 0.1) is 46.3 Å². The van der Waals surface area contributed by atoms with Crippen molar-refractivity contribution in [2.45, 2.75) is 89.5 Å². The van der Waals surface area contributed by atoms with E-state index in [4.69, 9.17) is 5.73 Å². The second-order valence-corrected chi connectivity index (χ2v) is 14.9. The fraction of sp³-hybridized carbons (Fsp3) is 0.774. The molecule has 10 nitrogen and oxygen atoms in total. The van der Waals surface area contributed by atoms with Gasteiger partial charge in [-0.2, -0.15) is 13.2 Å². The van der Waals surface area contributed by atoms with E-state index >= 15 is 0 Å². The Kier molecular flexibility index (Phi) is 7.44. The quantitative estimate of drug-likeness (QED) is 0.302. The molecular formula is C31H40F3N5O5. The van der Waals surface area contributed by atoms with Crippen LogP contribution in [0.15, 0.2) is 11.4 Å². The van der Waals surface area contributed by atoms with E-state index in [1.165, 1.54) is 4.90 Å². The van der Waals surface area contributed by atoms with E-state index in [-0.39, 0.29) is 41.8 Å². The van der Waals surface area contributed by atoms with Crippen LogP contribution in [-0.4, -0.2) is 71.9 Å². The van der Waals surface area contributed by atoms with Gasteiger partial charge in [-0.3, -0.25) is 14.4 Å². The first kappa shape index (κ1) is 30.7. The minimum atomic E-state index is -5.16. The smallest absolute Gasteiger partial charge is 0.391 e. The van der Waals surface area contributed by atoms with E-state index in [0.717, 1.165) is 19.3 Å². The fourth-order valence-electron chi connectivity index (χ4n) is 10.1. The van der Waals surface area contributed by atoms with Crippen molar-refractivity contribution in [3.8, 4) is 0 Å². The molecule has 2 saturated heterocycles. The van der Waals surface area contributed by atoms with E-state index in [9.17, 15) is 37.1 Å². The molecule has 240 valence electrons. The molecule has 0 aromatic heterocycles. The highest BCUT2D eigenvalue weighted by molar-refractivity contribution is 5.95. The van der Waals surface area contributed by atoms with Crippen LogP contribution in [0.4, 0.5) is 13.2 Å². The number of nitrogens with zero attached hydrogens (tertiary/aromatic N) is 1. The molecule has 7 aliphatic rings. The van der Waals surface area contributed by atoms with Crippen molar-refractivity contribution in [1.82, 2.24) is 20.9 Å². The molecule has 0 unspecified atom stereocenters. The summed E-state index contributed by atoms with van der Waals surface area (Å²) >= 11 is 0. The van der Waals surface area contributed by atoms with Gasteiger partial charge in [0, 0.05) is 24.4 Å². The predicted molar refractivity (Wildman–Crippen MR) is 150 cm³/mol. The van der Waals surface area contributed by atoms with Crippen LogP contribution in [0.2, 0.25) is 0 Å². The molecule has 7 rings (SSSR count). The normalized spacial score (nSPS) is 37.2. The summed E-state index contributed by atoms with van der Waals surface area (Å²) in [6.07, 6.45) is 0.230. The molecule has 44 heavy (non-hydrogen) atoms. The van der Waals surface area contributed by atoms with Crippen LogP contribution in [0.1, 0.15) is 65.2 Å². The minimum absolute atomic E-state index is 0.0569. The summed E-state index contributed by atoms with van der Waals surface area (Å²) in [6, 6.07) is -3.40. The number of allylic oxidation sites excluding steroid dienone is 1. The van der Waals surface area contributed by atoms with Gasteiger partial charge in [-0.05, 0) is 86.4 Å². The number of carbonyl (C=O) groups excluding carboxylic acids is 5. The summed E-state index contributed by atoms with van der Waals surface area (Å²) in [4.78, 5) is 65.2. The van der Waals surface area contributed by atoms with Gasteiger partial charge in [0.25, 0.3) is 0 Å². The van der Waals surface area contributed by atoms with Gasteiger partial charge in [0.1, 0.15) is 29.7 Å². The maximum Gasteiger partial charge on any atom is 0.471 e.